The molecule has 3 aromatic rings. The molecule has 28 heavy (non-hydrogen) atoms. The van der Waals surface area contributed by atoms with E-state index < -0.39 is 0 Å². The van der Waals surface area contributed by atoms with Crippen LogP contribution in [0.2, 0.25) is 5.02 Å². The van der Waals surface area contributed by atoms with E-state index in [0.29, 0.717) is 16.3 Å². The first-order chi connectivity index (χ1) is 13.7. The van der Waals surface area contributed by atoms with E-state index in [9.17, 15) is 4.79 Å². The molecule has 0 spiro atoms. The summed E-state index contributed by atoms with van der Waals surface area (Å²) >= 11 is 5.88. The molecular weight excluding hydrogens is 372 g/mol. The molecule has 1 amide bonds. The summed E-state index contributed by atoms with van der Waals surface area (Å²) in [7, 11) is 0. The second kappa shape index (κ2) is 8.31. The van der Waals surface area contributed by atoms with Gasteiger partial charge >= 0.3 is 0 Å². The van der Waals surface area contributed by atoms with Crippen LogP contribution in [-0.4, -0.2) is 24.0 Å². The average molecular weight is 393 g/mol. The van der Waals surface area contributed by atoms with Gasteiger partial charge in [-0.2, -0.15) is 0 Å². The number of hydrogen-bond acceptors (Lipinski definition) is 4. The van der Waals surface area contributed by atoms with Crippen molar-refractivity contribution < 1.29 is 4.79 Å². The Morgan fingerprint density at radius 3 is 2.29 bits per heavy atom. The molecule has 1 aliphatic heterocycles. The largest absolute Gasteiger partial charge is 0.372 e. The van der Waals surface area contributed by atoms with Crippen molar-refractivity contribution in [3.05, 3.63) is 77.6 Å². The number of nitrogens with one attached hydrogen (secondary N) is 2. The highest BCUT2D eigenvalue weighted by Crippen LogP contribution is 2.24. The zero-order chi connectivity index (χ0) is 19.3. The summed E-state index contributed by atoms with van der Waals surface area (Å²) in [4.78, 5) is 19.1. The van der Waals surface area contributed by atoms with Crippen molar-refractivity contribution >= 4 is 40.3 Å². The lowest BCUT2D eigenvalue weighted by Gasteiger charge is -2.18. The SMILES string of the molecule is O=C(Nc1ccc(Cl)cc1)c1cncc(Nc2ccc(N3CCCC3)cc2)c1. The van der Waals surface area contributed by atoms with Crippen LogP contribution in [0.5, 0.6) is 0 Å². The lowest BCUT2D eigenvalue weighted by atomic mass is 10.2. The molecule has 2 N–H and O–H groups in total. The Bertz CT molecular complexity index is 951. The van der Waals surface area contributed by atoms with Gasteiger partial charge in [-0.15, -0.1) is 0 Å². The van der Waals surface area contributed by atoms with E-state index >= 15 is 0 Å². The third kappa shape index (κ3) is 4.43. The Morgan fingerprint density at radius 1 is 0.893 bits per heavy atom. The maximum Gasteiger partial charge on any atom is 0.257 e. The van der Waals surface area contributed by atoms with Crippen LogP contribution in [0.15, 0.2) is 67.0 Å². The summed E-state index contributed by atoms with van der Waals surface area (Å²) in [5.41, 5.74) is 4.13. The van der Waals surface area contributed by atoms with Gasteiger partial charge in [0.15, 0.2) is 0 Å². The smallest absolute Gasteiger partial charge is 0.257 e. The van der Waals surface area contributed by atoms with Crippen LogP contribution in [0.1, 0.15) is 23.2 Å². The topological polar surface area (TPSA) is 57.3 Å². The van der Waals surface area contributed by atoms with Gasteiger partial charge in [-0.1, -0.05) is 11.6 Å². The fourth-order valence-electron chi connectivity index (χ4n) is 3.27. The molecule has 4 rings (SSSR count). The Morgan fingerprint density at radius 2 is 1.57 bits per heavy atom. The highest BCUT2D eigenvalue weighted by atomic mass is 35.5. The Kier molecular flexibility index (Phi) is 5.44. The summed E-state index contributed by atoms with van der Waals surface area (Å²) in [5, 5.41) is 6.78. The van der Waals surface area contributed by atoms with Crippen LogP contribution in [0.3, 0.4) is 0 Å². The molecule has 0 aliphatic carbocycles. The van der Waals surface area contributed by atoms with Gasteiger partial charge in [0.1, 0.15) is 0 Å². The summed E-state index contributed by atoms with van der Waals surface area (Å²) in [5.74, 6) is -0.220. The van der Waals surface area contributed by atoms with Crippen molar-refractivity contribution in [3.8, 4) is 0 Å². The predicted molar refractivity (Wildman–Crippen MR) is 115 cm³/mol. The highest BCUT2D eigenvalue weighted by Gasteiger charge is 2.12. The number of rotatable bonds is 5. The van der Waals surface area contributed by atoms with Gasteiger partial charge in [-0.3, -0.25) is 9.78 Å². The number of pyridine rings is 1. The van der Waals surface area contributed by atoms with Crippen LogP contribution < -0.4 is 15.5 Å². The van der Waals surface area contributed by atoms with Crippen molar-refractivity contribution in [2.24, 2.45) is 0 Å². The van der Waals surface area contributed by atoms with E-state index in [4.69, 9.17) is 11.6 Å². The third-order valence-corrected chi connectivity index (χ3v) is 4.98. The lowest BCUT2D eigenvalue weighted by Crippen LogP contribution is -2.17. The number of carbonyl (C=O) groups is 1. The molecule has 0 radical (unpaired) electrons. The van der Waals surface area contributed by atoms with Crippen LogP contribution >= 0.6 is 11.6 Å². The Labute approximate surface area is 169 Å². The van der Waals surface area contributed by atoms with E-state index in [2.05, 4.69) is 32.7 Å². The van der Waals surface area contributed by atoms with Gasteiger partial charge in [0.05, 0.1) is 17.4 Å². The fourth-order valence-corrected chi connectivity index (χ4v) is 3.39. The zero-order valence-corrected chi connectivity index (χ0v) is 16.1. The fraction of sp³-hybridized carbons (Fsp3) is 0.182. The van der Waals surface area contributed by atoms with Gasteiger partial charge in [0, 0.05) is 41.4 Å². The molecule has 1 aliphatic rings. The zero-order valence-electron chi connectivity index (χ0n) is 15.4. The van der Waals surface area contributed by atoms with Crippen molar-refractivity contribution in [3.63, 3.8) is 0 Å². The molecule has 1 aromatic heterocycles. The van der Waals surface area contributed by atoms with Gasteiger partial charge < -0.3 is 15.5 Å². The third-order valence-electron chi connectivity index (χ3n) is 4.73. The molecule has 2 heterocycles. The second-order valence-electron chi connectivity index (χ2n) is 6.79. The first kappa shape index (κ1) is 18.3. The molecule has 2 aromatic carbocycles. The average Bonchev–Trinajstić information content (AvgIpc) is 3.25. The molecule has 0 atom stereocenters. The van der Waals surface area contributed by atoms with Crippen LogP contribution in [0.25, 0.3) is 0 Å². The molecule has 142 valence electrons. The minimum absolute atomic E-state index is 0.220. The van der Waals surface area contributed by atoms with E-state index in [1.807, 2.05) is 12.1 Å². The van der Waals surface area contributed by atoms with Gasteiger partial charge in [-0.05, 0) is 67.4 Å². The minimum Gasteiger partial charge on any atom is -0.372 e. The van der Waals surface area contributed by atoms with Gasteiger partial charge in [0.25, 0.3) is 5.91 Å². The molecule has 0 bridgehead atoms. The predicted octanol–water partition coefficient (Wildman–Crippen LogP) is 5.33. The van der Waals surface area contributed by atoms with Crippen molar-refractivity contribution in [1.29, 1.82) is 0 Å². The highest BCUT2D eigenvalue weighted by molar-refractivity contribution is 6.30. The summed E-state index contributed by atoms with van der Waals surface area (Å²) in [6.07, 6.45) is 5.77. The monoisotopic (exact) mass is 392 g/mol. The number of hydrogen-bond donors (Lipinski definition) is 2. The summed E-state index contributed by atoms with van der Waals surface area (Å²) < 4.78 is 0. The van der Waals surface area contributed by atoms with E-state index in [0.717, 1.165) is 24.5 Å². The first-order valence-electron chi connectivity index (χ1n) is 9.31. The van der Waals surface area contributed by atoms with Crippen molar-refractivity contribution in [2.45, 2.75) is 12.8 Å². The van der Waals surface area contributed by atoms with E-state index in [-0.39, 0.29) is 5.91 Å². The molecule has 0 saturated carbocycles. The van der Waals surface area contributed by atoms with Crippen molar-refractivity contribution in [2.75, 3.05) is 28.6 Å². The first-order valence-corrected chi connectivity index (χ1v) is 9.69. The van der Waals surface area contributed by atoms with Crippen LogP contribution in [0, 0.1) is 0 Å². The minimum atomic E-state index is -0.220. The Hall–Kier alpha value is -3.05. The number of halogens is 1. The molecule has 1 saturated heterocycles. The molecule has 1 fully saturated rings. The Balaban J connectivity index is 1.43. The van der Waals surface area contributed by atoms with Crippen LogP contribution in [0.4, 0.5) is 22.7 Å². The van der Waals surface area contributed by atoms with E-state index in [1.54, 1.807) is 42.7 Å². The van der Waals surface area contributed by atoms with Crippen LogP contribution in [-0.2, 0) is 0 Å². The summed E-state index contributed by atoms with van der Waals surface area (Å²) in [6, 6.07) is 17.1. The normalized spacial score (nSPS) is 13.4. The standard InChI is InChI=1S/C22H21ClN4O/c23-17-3-5-19(6-4-17)26-22(28)16-13-20(15-24-14-16)25-18-7-9-21(10-8-18)27-11-1-2-12-27/h3-10,13-15,25H,1-2,11-12H2,(H,26,28). The maximum absolute atomic E-state index is 12.5. The molecule has 0 unspecified atom stereocenters. The number of amides is 1. The maximum atomic E-state index is 12.5. The van der Waals surface area contributed by atoms with Gasteiger partial charge in [0.2, 0.25) is 0 Å². The number of aromatic nitrogens is 1. The summed E-state index contributed by atoms with van der Waals surface area (Å²) in [6.45, 7) is 2.25. The number of anilines is 4. The molecule has 5 nitrogen and oxygen atoms in total. The number of benzene rings is 2. The quantitative estimate of drug-likeness (QED) is 0.616. The van der Waals surface area contributed by atoms with Gasteiger partial charge in [-0.25, -0.2) is 0 Å². The number of carbonyl (C=O) groups excluding carboxylic acids is 1. The second-order valence-corrected chi connectivity index (χ2v) is 7.23. The number of nitrogens with zero attached hydrogens (tertiary/aromatic N) is 2. The van der Waals surface area contributed by atoms with E-state index in [1.165, 1.54) is 18.5 Å². The van der Waals surface area contributed by atoms with Crippen molar-refractivity contribution in [1.82, 2.24) is 4.98 Å². The molecule has 6 heteroatoms. The lowest BCUT2D eigenvalue weighted by molar-refractivity contribution is 0.102. The molecular formula is C22H21ClN4O.